The Morgan fingerprint density at radius 2 is 1.67 bits per heavy atom. The van der Waals surface area contributed by atoms with Gasteiger partial charge in [-0.25, -0.2) is 0 Å². The summed E-state index contributed by atoms with van der Waals surface area (Å²) >= 11 is 0. The van der Waals surface area contributed by atoms with Crippen LogP contribution in [0.4, 0.5) is 5.69 Å². The average Bonchev–Trinajstić information content (AvgIpc) is 2.47. The Labute approximate surface area is 129 Å². The molecule has 0 aromatic heterocycles. The molecular formula is C17H30N2O2. The summed E-state index contributed by atoms with van der Waals surface area (Å²) in [6, 6.07) is 3.80. The van der Waals surface area contributed by atoms with Crippen LogP contribution in [0.25, 0.3) is 0 Å². The van der Waals surface area contributed by atoms with E-state index in [-0.39, 0.29) is 0 Å². The molecule has 0 aliphatic carbocycles. The normalized spacial score (nSPS) is 10.9. The molecule has 0 atom stereocenters. The summed E-state index contributed by atoms with van der Waals surface area (Å²) in [4.78, 5) is 2.52. The van der Waals surface area contributed by atoms with Gasteiger partial charge in [0.25, 0.3) is 0 Å². The summed E-state index contributed by atoms with van der Waals surface area (Å²) in [6.45, 7) is 7.92. The van der Waals surface area contributed by atoms with Crippen LogP contribution in [0.3, 0.4) is 0 Å². The number of benzene rings is 1. The van der Waals surface area contributed by atoms with E-state index >= 15 is 0 Å². The van der Waals surface area contributed by atoms with Crippen LogP contribution >= 0.6 is 0 Å². The zero-order chi connectivity index (χ0) is 15.7. The summed E-state index contributed by atoms with van der Waals surface area (Å²) in [5.41, 5.74) is 7.79. The smallest absolute Gasteiger partial charge is 0.164 e. The maximum absolute atomic E-state index is 5.94. The highest BCUT2D eigenvalue weighted by atomic mass is 16.5. The number of ether oxygens (including phenoxy) is 2. The third kappa shape index (κ3) is 5.46. The van der Waals surface area contributed by atoms with E-state index in [4.69, 9.17) is 15.2 Å². The molecule has 1 rings (SSSR count). The monoisotopic (exact) mass is 294 g/mol. The summed E-state index contributed by atoms with van der Waals surface area (Å²) < 4.78 is 10.8. The van der Waals surface area contributed by atoms with Gasteiger partial charge in [-0.05, 0) is 51.4 Å². The number of methoxy groups -OCH3 is 2. The van der Waals surface area contributed by atoms with Gasteiger partial charge in [-0.1, -0.05) is 13.8 Å². The lowest BCUT2D eigenvalue weighted by atomic mass is 10.1. The Balaban J connectivity index is 2.67. The van der Waals surface area contributed by atoms with Crippen LogP contribution in [0.1, 0.15) is 38.7 Å². The fraction of sp³-hybridized carbons (Fsp3) is 0.647. The zero-order valence-corrected chi connectivity index (χ0v) is 13.9. The predicted octanol–water partition coefficient (Wildman–Crippen LogP) is 3.34. The van der Waals surface area contributed by atoms with E-state index in [0.29, 0.717) is 5.75 Å². The van der Waals surface area contributed by atoms with Crippen molar-refractivity contribution in [1.29, 1.82) is 0 Å². The van der Waals surface area contributed by atoms with E-state index in [1.165, 1.54) is 25.9 Å². The molecule has 0 aliphatic heterocycles. The Hall–Kier alpha value is -1.42. The quantitative estimate of drug-likeness (QED) is 0.672. The van der Waals surface area contributed by atoms with Crippen LogP contribution in [-0.2, 0) is 6.42 Å². The van der Waals surface area contributed by atoms with Crippen molar-refractivity contribution in [3.63, 3.8) is 0 Å². The largest absolute Gasteiger partial charge is 0.493 e. The third-order valence-electron chi connectivity index (χ3n) is 3.58. The van der Waals surface area contributed by atoms with Crippen LogP contribution in [-0.4, -0.2) is 38.8 Å². The lowest BCUT2D eigenvalue weighted by Gasteiger charge is -2.21. The number of hydrogen-bond donors (Lipinski definition) is 1. The van der Waals surface area contributed by atoms with Crippen molar-refractivity contribution < 1.29 is 9.47 Å². The molecule has 0 saturated carbocycles. The number of nitrogen functional groups attached to an aromatic ring is 1. The first-order chi connectivity index (χ1) is 10.2. The molecule has 2 N–H and O–H groups in total. The van der Waals surface area contributed by atoms with E-state index in [9.17, 15) is 0 Å². The van der Waals surface area contributed by atoms with Gasteiger partial charge in [-0.3, -0.25) is 0 Å². The number of aryl methyl sites for hydroxylation is 1. The molecule has 4 nitrogen and oxygen atoms in total. The van der Waals surface area contributed by atoms with Crippen LogP contribution < -0.4 is 15.2 Å². The lowest BCUT2D eigenvalue weighted by molar-refractivity contribution is 0.271. The van der Waals surface area contributed by atoms with E-state index in [1.807, 2.05) is 12.1 Å². The average molecular weight is 294 g/mol. The molecule has 0 bridgehead atoms. The van der Waals surface area contributed by atoms with E-state index in [0.717, 1.165) is 36.4 Å². The highest BCUT2D eigenvalue weighted by Gasteiger charge is 2.12. The number of rotatable bonds is 10. The van der Waals surface area contributed by atoms with E-state index < -0.39 is 0 Å². The van der Waals surface area contributed by atoms with Crippen LogP contribution in [0, 0.1) is 0 Å². The molecule has 0 amide bonds. The Kier molecular flexibility index (Phi) is 7.98. The maximum atomic E-state index is 5.94. The standard InChI is InChI=1S/C17H30N2O2/c1-5-9-19(10-6-2)11-7-8-14-12-15(18)13-16(20-3)17(14)21-4/h12-13H,5-11,18H2,1-4H3. The SMILES string of the molecule is CCCN(CCC)CCCc1cc(N)cc(OC)c1OC. The maximum Gasteiger partial charge on any atom is 0.164 e. The minimum atomic E-state index is 0.714. The highest BCUT2D eigenvalue weighted by molar-refractivity contribution is 5.57. The summed E-state index contributed by atoms with van der Waals surface area (Å²) in [7, 11) is 3.32. The molecule has 0 spiro atoms. The van der Waals surface area contributed by atoms with Crippen molar-refractivity contribution in [2.24, 2.45) is 0 Å². The molecule has 0 heterocycles. The second kappa shape index (κ2) is 9.50. The van der Waals surface area contributed by atoms with Gasteiger partial charge in [0, 0.05) is 17.3 Å². The molecule has 120 valence electrons. The van der Waals surface area contributed by atoms with Gasteiger partial charge < -0.3 is 20.1 Å². The van der Waals surface area contributed by atoms with Gasteiger partial charge in [0.2, 0.25) is 0 Å². The van der Waals surface area contributed by atoms with Crippen molar-refractivity contribution in [3.05, 3.63) is 17.7 Å². The Morgan fingerprint density at radius 1 is 1.00 bits per heavy atom. The highest BCUT2D eigenvalue weighted by Crippen LogP contribution is 2.34. The van der Waals surface area contributed by atoms with Crippen molar-refractivity contribution in [3.8, 4) is 11.5 Å². The molecule has 1 aromatic carbocycles. The van der Waals surface area contributed by atoms with Gasteiger partial charge in [0.05, 0.1) is 14.2 Å². The fourth-order valence-corrected chi connectivity index (χ4v) is 2.71. The van der Waals surface area contributed by atoms with Crippen molar-refractivity contribution in [1.82, 2.24) is 4.90 Å². The molecular weight excluding hydrogens is 264 g/mol. The molecule has 0 aliphatic rings. The first-order valence-electron chi connectivity index (χ1n) is 7.88. The molecule has 0 radical (unpaired) electrons. The van der Waals surface area contributed by atoms with E-state index in [1.54, 1.807) is 14.2 Å². The molecule has 1 aromatic rings. The van der Waals surface area contributed by atoms with E-state index in [2.05, 4.69) is 18.7 Å². The van der Waals surface area contributed by atoms with Crippen molar-refractivity contribution >= 4 is 5.69 Å². The Bertz CT molecular complexity index is 415. The Morgan fingerprint density at radius 3 is 2.19 bits per heavy atom. The molecule has 0 saturated heterocycles. The molecule has 4 heteroatoms. The topological polar surface area (TPSA) is 47.7 Å². The van der Waals surface area contributed by atoms with Crippen LogP contribution in [0.5, 0.6) is 11.5 Å². The molecule has 0 fully saturated rings. The first-order valence-corrected chi connectivity index (χ1v) is 7.88. The minimum absolute atomic E-state index is 0.714. The van der Waals surface area contributed by atoms with Gasteiger partial charge in [-0.2, -0.15) is 0 Å². The predicted molar refractivity (Wildman–Crippen MR) is 89.3 cm³/mol. The van der Waals surface area contributed by atoms with Crippen LogP contribution in [0.15, 0.2) is 12.1 Å². The summed E-state index contributed by atoms with van der Waals surface area (Å²) in [6.07, 6.45) is 4.46. The van der Waals surface area contributed by atoms with Gasteiger partial charge in [0.1, 0.15) is 0 Å². The summed E-state index contributed by atoms with van der Waals surface area (Å²) in [5, 5.41) is 0. The summed E-state index contributed by atoms with van der Waals surface area (Å²) in [5.74, 6) is 1.52. The lowest BCUT2D eigenvalue weighted by Crippen LogP contribution is -2.26. The minimum Gasteiger partial charge on any atom is -0.493 e. The third-order valence-corrected chi connectivity index (χ3v) is 3.58. The number of nitrogens with zero attached hydrogens (tertiary/aromatic N) is 1. The number of nitrogens with two attached hydrogens (primary N) is 1. The molecule has 0 unspecified atom stereocenters. The van der Waals surface area contributed by atoms with Crippen molar-refractivity contribution in [2.45, 2.75) is 39.5 Å². The van der Waals surface area contributed by atoms with Gasteiger partial charge in [0.15, 0.2) is 11.5 Å². The van der Waals surface area contributed by atoms with Gasteiger partial charge >= 0.3 is 0 Å². The first kappa shape index (κ1) is 17.6. The second-order valence-electron chi connectivity index (χ2n) is 5.36. The number of anilines is 1. The van der Waals surface area contributed by atoms with Crippen LogP contribution in [0.2, 0.25) is 0 Å². The zero-order valence-electron chi connectivity index (χ0n) is 13.9. The fourth-order valence-electron chi connectivity index (χ4n) is 2.71. The van der Waals surface area contributed by atoms with Crippen molar-refractivity contribution in [2.75, 3.05) is 39.6 Å². The number of hydrogen-bond acceptors (Lipinski definition) is 4. The molecule has 21 heavy (non-hydrogen) atoms. The van der Waals surface area contributed by atoms with Gasteiger partial charge in [-0.15, -0.1) is 0 Å². The second-order valence-corrected chi connectivity index (χ2v) is 5.36.